The Morgan fingerprint density at radius 1 is 1.19 bits per heavy atom. The second kappa shape index (κ2) is 9.51. The van der Waals surface area contributed by atoms with Gasteiger partial charge in [0.1, 0.15) is 18.5 Å². The molecule has 2 heterocycles. The van der Waals surface area contributed by atoms with E-state index in [1.807, 2.05) is 0 Å². The first-order valence-corrected chi connectivity index (χ1v) is 9.17. The maximum Gasteiger partial charge on any atom is 0.352 e. The van der Waals surface area contributed by atoms with Crippen molar-refractivity contribution in [3.8, 4) is 0 Å². The average Bonchev–Trinajstić information content (AvgIpc) is 2.92. The Bertz CT molecular complexity index is 957. The summed E-state index contributed by atoms with van der Waals surface area (Å²) < 4.78 is 22.6. The number of esters is 3. The number of carbonyl (C=O) groups excluding carboxylic acids is 4. The van der Waals surface area contributed by atoms with E-state index in [4.69, 9.17) is 18.9 Å². The highest BCUT2D eigenvalue weighted by Gasteiger charge is 2.59. The molecule has 0 saturated carbocycles. The van der Waals surface area contributed by atoms with Crippen LogP contribution in [0.25, 0.3) is 0 Å². The predicted molar refractivity (Wildman–Crippen MR) is 104 cm³/mol. The van der Waals surface area contributed by atoms with E-state index in [1.54, 1.807) is 0 Å². The van der Waals surface area contributed by atoms with Crippen LogP contribution in [-0.2, 0) is 43.9 Å². The second-order valence-corrected chi connectivity index (χ2v) is 6.67. The minimum absolute atomic E-state index is 0.0111. The van der Waals surface area contributed by atoms with Crippen LogP contribution in [-0.4, -0.2) is 58.3 Å². The van der Waals surface area contributed by atoms with E-state index in [0.717, 1.165) is 18.4 Å². The fraction of sp³-hybridized carbons (Fsp3) is 0.474. The first-order valence-electron chi connectivity index (χ1n) is 9.17. The fourth-order valence-electron chi connectivity index (χ4n) is 3.17. The molecule has 1 aliphatic rings. The lowest BCUT2D eigenvalue weighted by atomic mass is 10.0. The summed E-state index contributed by atoms with van der Waals surface area (Å²) in [4.78, 5) is 62.5. The van der Waals surface area contributed by atoms with Crippen molar-refractivity contribution in [3.05, 3.63) is 35.4 Å². The lowest BCUT2D eigenvalue weighted by molar-refractivity contribution is -0.171. The first kappa shape index (κ1) is 23.7. The van der Waals surface area contributed by atoms with Crippen molar-refractivity contribution in [1.82, 2.24) is 9.55 Å². The summed E-state index contributed by atoms with van der Waals surface area (Å²) in [5.74, 6) is -2.54. The van der Waals surface area contributed by atoms with Gasteiger partial charge < -0.3 is 24.3 Å². The number of hydrogen-bond donors (Lipinski definition) is 1. The van der Waals surface area contributed by atoms with Crippen LogP contribution < -0.4 is 11.0 Å². The van der Waals surface area contributed by atoms with Crippen LogP contribution in [0.5, 0.6) is 0 Å². The van der Waals surface area contributed by atoms with E-state index in [2.05, 4.69) is 16.9 Å². The predicted octanol–water partition coefficient (Wildman–Crippen LogP) is -0.134. The number of ether oxygens (including phenoxy) is 4. The number of rotatable bonds is 7. The highest BCUT2D eigenvalue weighted by Crippen LogP contribution is 2.40. The molecule has 0 aromatic carbocycles. The second-order valence-electron chi connectivity index (χ2n) is 6.67. The van der Waals surface area contributed by atoms with Gasteiger partial charge in [0.15, 0.2) is 12.2 Å². The van der Waals surface area contributed by atoms with Crippen molar-refractivity contribution in [1.29, 1.82) is 0 Å². The maximum absolute atomic E-state index is 12.7. The van der Waals surface area contributed by atoms with Gasteiger partial charge in [-0.05, 0) is 12.1 Å². The van der Waals surface area contributed by atoms with Gasteiger partial charge in [-0.3, -0.25) is 23.7 Å². The minimum Gasteiger partial charge on any atom is -0.463 e. The molecule has 0 unspecified atom stereocenters. The maximum atomic E-state index is 12.7. The van der Waals surface area contributed by atoms with Crippen LogP contribution >= 0.6 is 0 Å². The van der Waals surface area contributed by atoms with Crippen LogP contribution in [0.3, 0.4) is 0 Å². The van der Waals surface area contributed by atoms with Crippen molar-refractivity contribution in [2.75, 3.05) is 11.9 Å². The summed E-state index contributed by atoms with van der Waals surface area (Å²) in [7, 11) is 0. The molecule has 1 fully saturated rings. The molecule has 2 rings (SSSR count). The first-order chi connectivity index (χ1) is 14.5. The molecule has 0 radical (unpaired) electrons. The highest BCUT2D eigenvalue weighted by molar-refractivity contribution is 5.87. The van der Waals surface area contributed by atoms with Gasteiger partial charge in [0.2, 0.25) is 11.6 Å². The Morgan fingerprint density at radius 2 is 1.84 bits per heavy atom. The van der Waals surface area contributed by atoms with Gasteiger partial charge in [0.05, 0.1) is 0 Å². The van der Waals surface area contributed by atoms with Crippen LogP contribution in [0.1, 0.15) is 27.7 Å². The van der Waals surface area contributed by atoms with Crippen LogP contribution in [0.2, 0.25) is 0 Å². The molecule has 4 atom stereocenters. The number of aromatic nitrogens is 2. The normalized spacial score (nSPS) is 24.7. The largest absolute Gasteiger partial charge is 0.463 e. The highest BCUT2D eigenvalue weighted by atomic mass is 16.7. The molecule has 0 spiro atoms. The van der Waals surface area contributed by atoms with Crippen LogP contribution in [0.4, 0.5) is 5.82 Å². The van der Waals surface area contributed by atoms with Crippen LogP contribution in [0, 0.1) is 0 Å². The zero-order chi connectivity index (χ0) is 23.3. The van der Waals surface area contributed by atoms with Gasteiger partial charge in [-0.25, -0.2) is 4.79 Å². The summed E-state index contributed by atoms with van der Waals surface area (Å²) in [6.45, 7) is 8.01. The van der Waals surface area contributed by atoms with Crippen molar-refractivity contribution < 1.29 is 38.1 Å². The Morgan fingerprint density at radius 3 is 2.32 bits per heavy atom. The van der Waals surface area contributed by atoms with E-state index in [9.17, 15) is 24.0 Å². The molecule has 12 heteroatoms. The Balaban J connectivity index is 2.60. The summed E-state index contributed by atoms with van der Waals surface area (Å²) in [5, 5.41) is 2.37. The van der Waals surface area contributed by atoms with Gasteiger partial charge >= 0.3 is 23.6 Å². The van der Waals surface area contributed by atoms with Crippen molar-refractivity contribution in [2.45, 2.75) is 51.7 Å². The van der Waals surface area contributed by atoms with Gasteiger partial charge in [-0.15, -0.1) is 0 Å². The van der Waals surface area contributed by atoms with Crippen molar-refractivity contribution in [2.24, 2.45) is 0 Å². The third-order valence-electron chi connectivity index (χ3n) is 4.24. The summed E-state index contributed by atoms with van der Waals surface area (Å²) in [6, 6.07) is 1.32. The summed E-state index contributed by atoms with van der Waals surface area (Å²) in [5.41, 5.74) is -2.73. The third-order valence-corrected chi connectivity index (χ3v) is 4.24. The fourth-order valence-corrected chi connectivity index (χ4v) is 3.17. The van der Waals surface area contributed by atoms with E-state index >= 15 is 0 Å². The molecule has 0 aliphatic carbocycles. The molecule has 31 heavy (non-hydrogen) atoms. The number of amides is 1. The summed E-state index contributed by atoms with van der Waals surface area (Å²) in [6.07, 6.45) is -1.26. The topological polar surface area (TPSA) is 152 Å². The molecular weight excluding hydrogens is 414 g/mol. The third kappa shape index (κ3) is 5.34. The molecule has 1 amide bonds. The Kier molecular flexibility index (Phi) is 7.28. The smallest absolute Gasteiger partial charge is 0.352 e. The number of anilines is 1. The lowest BCUT2D eigenvalue weighted by Gasteiger charge is -2.32. The standard InChI is InChI=1S/C19H23N3O9/c1-6-19(22-8-7-15(20-10(2)23)21-18(22)27)17(30-13(5)26)16(29-12(4)25)14(31-19)9-28-11(3)24/h6-8,14,16-17H,1,9H2,2-5H3,(H,20,21,23,27)/t14-,16-,17-,19-/m1/s1. The van der Waals surface area contributed by atoms with Crippen molar-refractivity contribution in [3.63, 3.8) is 0 Å². The Hall–Kier alpha value is -3.54. The molecule has 12 nitrogen and oxygen atoms in total. The monoisotopic (exact) mass is 437 g/mol. The molecule has 1 aromatic rings. The zero-order valence-electron chi connectivity index (χ0n) is 17.4. The van der Waals surface area contributed by atoms with E-state index in [1.165, 1.54) is 32.2 Å². The Labute approximate surface area is 177 Å². The molecule has 1 N–H and O–H groups in total. The van der Waals surface area contributed by atoms with Gasteiger partial charge in [0, 0.05) is 33.9 Å². The van der Waals surface area contributed by atoms with Gasteiger partial charge in [-0.2, -0.15) is 4.98 Å². The van der Waals surface area contributed by atoms with Gasteiger partial charge in [0.25, 0.3) is 0 Å². The van der Waals surface area contributed by atoms with Gasteiger partial charge in [-0.1, -0.05) is 6.58 Å². The summed E-state index contributed by atoms with van der Waals surface area (Å²) >= 11 is 0. The van der Waals surface area contributed by atoms with E-state index < -0.39 is 53.5 Å². The van der Waals surface area contributed by atoms with E-state index in [0.29, 0.717) is 0 Å². The molecule has 0 bridgehead atoms. The zero-order valence-corrected chi connectivity index (χ0v) is 17.4. The molecular formula is C19H23N3O9. The molecule has 1 saturated heterocycles. The minimum atomic E-state index is -1.85. The number of nitrogens with one attached hydrogen (secondary N) is 1. The average molecular weight is 437 g/mol. The van der Waals surface area contributed by atoms with Crippen LogP contribution in [0.15, 0.2) is 29.7 Å². The molecule has 1 aliphatic heterocycles. The quantitative estimate of drug-likeness (QED) is 0.347. The van der Waals surface area contributed by atoms with Crippen molar-refractivity contribution >= 4 is 29.6 Å². The molecule has 1 aromatic heterocycles. The lowest BCUT2D eigenvalue weighted by Crippen LogP contribution is -2.51. The molecule has 168 valence electrons. The number of hydrogen-bond acceptors (Lipinski definition) is 10. The number of nitrogens with zero attached hydrogens (tertiary/aromatic N) is 2. The van der Waals surface area contributed by atoms with E-state index in [-0.39, 0.29) is 12.4 Å². The number of carbonyl (C=O) groups is 4. The SMILES string of the molecule is C=C[C@@]1(n2ccc(NC(C)=O)nc2=O)O[C@H](COC(C)=O)[C@@H](OC(C)=O)[C@H]1OC(C)=O.